The van der Waals surface area contributed by atoms with Crippen LogP contribution < -0.4 is 0 Å². The molecule has 2 aromatic carbocycles. The van der Waals surface area contributed by atoms with E-state index in [2.05, 4.69) is 15.9 Å². The Morgan fingerprint density at radius 1 is 1.08 bits per heavy atom. The zero-order valence-corrected chi connectivity index (χ0v) is 15.6. The maximum absolute atomic E-state index is 12.5. The monoisotopic (exact) mass is 398 g/mol. The molecule has 128 valence electrons. The van der Waals surface area contributed by atoms with Gasteiger partial charge in [-0.1, -0.05) is 40.2 Å². The number of aryl methyl sites for hydroxylation is 2. The lowest BCUT2D eigenvalue weighted by atomic mass is 10.0. The van der Waals surface area contributed by atoms with Crippen molar-refractivity contribution in [3.8, 4) is 0 Å². The van der Waals surface area contributed by atoms with Crippen LogP contribution in [-0.2, 0) is 22.4 Å². The van der Waals surface area contributed by atoms with E-state index in [1.807, 2.05) is 42.5 Å². The molecule has 0 fully saturated rings. The van der Waals surface area contributed by atoms with Crippen LogP contribution in [0.5, 0.6) is 0 Å². The Kier molecular flexibility index (Phi) is 5.49. The number of fused-ring (bicyclic) bond motifs is 1. The Hall–Kier alpha value is -2.20. The summed E-state index contributed by atoms with van der Waals surface area (Å²) in [6.45, 7) is 1.61. The minimum Gasteiger partial charge on any atom is -0.451 e. The van der Waals surface area contributed by atoms with Crippen LogP contribution in [0, 0.1) is 0 Å². The molecule has 0 aromatic heterocycles. The Labute approximate surface area is 155 Å². The predicted octanol–water partition coefficient (Wildman–Crippen LogP) is 4.77. The van der Waals surface area contributed by atoms with E-state index in [1.54, 1.807) is 13.0 Å². The normalized spacial score (nSPS) is 14.3. The molecule has 1 atom stereocenters. The van der Waals surface area contributed by atoms with Crippen molar-refractivity contribution in [2.24, 2.45) is 0 Å². The smallest absolute Gasteiger partial charge is 0.331 e. The molecule has 1 aliphatic carbocycles. The van der Waals surface area contributed by atoms with E-state index < -0.39 is 12.1 Å². The van der Waals surface area contributed by atoms with Crippen molar-refractivity contribution >= 4 is 33.8 Å². The van der Waals surface area contributed by atoms with Gasteiger partial charge < -0.3 is 4.74 Å². The van der Waals surface area contributed by atoms with Crippen LogP contribution in [0.15, 0.2) is 53.0 Å². The zero-order chi connectivity index (χ0) is 17.8. The molecule has 3 rings (SSSR count). The van der Waals surface area contributed by atoms with Gasteiger partial charge in [-0.3, -0.25) is 4.79 Å². The minimum atomic E-state index is -0.804. The number of ketones is 1. The lowest BCUT2D eigenvalue weighted by Crippen LogP contribution is -2.23. The molecule has 1 aliphatic rings. The first-order chi connectivity index (χ1) is 12.0. The maximum atomic E-state index is 12.5. The third-order valence-corrected chi connectivity index (χ3v) is 4.86. The van der Waals surface area contributed by atoms with E-state index in [0.29, 0.717) is 5.56 Å². The van der Waals surface area contributed by atoms with E-state index in [9.17, 15) is 9.59 Å². The number of carbonyl (C=O) groups excluding carboxylic acids is 2. The summed E-state index contributed by atoms with van der Waals surface area (Å²) in [5, 5.41) is 0. The number of hydrogen-bond acceptors (Lipinski definition) is 3. The fourth-order valence-electron chi connectivity index (χ4n) is 2.96. The molecule has 0 unspecified atom stereocenters. The quantitative estimate of drug-likeness (QED) is 0.414. The SMILES string of the molecule is C[C@@H](OC(=O)/C=C/c1ccc(Br)cc1)C(=O)c1ccc2c(c1)CCC2. The van der Waals surface area contributed by atoms with Gasteiger partial charge in [-0.2, -0.15) is 0 Å². The van der Waals surface area contributed by atoms with Gasteiger partial charge in [0.1, 0.15) is 0 Å². The molecule has 2 aromatic rings. The van der Waals surface area contributed by atoms with Crippen molar-refractivity contribution in [1.29, 1.82) is 0 Å². The number of esters is 1. The summed E-state index contributed by atoms with van der Waals surface area (Å²) in [4.78, 5) is 24.4. The molecule has 0 N–H and O–H groups in total. The standard InChI is InChI=1S/C21H19BrO3/c1-14(21(24)18-9-8-16-3-2-4-17(16)13-18)25-20(23)12-7-15-5-10-19(22)11-6-15/h5-14H,2-4H2,1H3/b12-7+/t14-/m1/s1. The maximum Gasteiger partial charge on any atom is 0.331 e. The number of Topliss-reactive ketones (excluding diaryl/α,β-unsaturated/α-hetero) is 1. The van der Waals surface area contributed by atoms with Crippen LogP contribution in [0.2, 0.25) is 0 Å². The molecule has 4 heteroatoms. The van der Waals surface area contributed by atoms with E-state index in [0.717, 1.165) is 29.3 Å². The van der Waals surface area contributed by atoms with Crippen LogP contribution in [-0.4, -0.2) is 17.9 Å². The molecule has 0 aliphatic heterocycles. The molecule has 0 radical (unpaired) electrons. The van der Waals surface area contributed by atoms with Gasteiger partial charge in [-0.15, -0.1) is 0 Å². The summed E-state index contributed by atoms with van der Waals surface area (Å²) in [5.74, 6) is -0.690. The van der Waals surface area contributed by atoms with E-state index in [1.165, 1.54) is 17.2 Å². The highest BCUT2D eigenvalue weighted by Crippen LogP contribution is 2.23. The van der Waals surface area contributed by atoms with Gasteiger partial charge >= 0.3 is 5.97 Å². The third kappa shape index (κ3) is 4.45. The number of ether oxygens (including phenoxy) is 1. The third-order valence-electron chi connectivity index (χ3n) is 4.33. The van der Waals surface area contributed by atoms with Crippen molar-refractivity contribution in [1.82, 2.24) is 0 Å². The highest BCUT2D eigenvalue weighted by molar-refractivity contribution is 9.10. The molecule has 0 saturated heterocycles. The predicted molar refractivity (Wildman–Crippen MR) is 102 cm³/mol. The second kappa shape index (κ2) is 7.79. The molecule has 0 spiro atoms. The number of hydrogen-bond donors (Lipinski definition) is 0. The summed E-state index contributed by atoms with van der Waals surface area (Å²) in [6.07, 6.45) is 5.44. The van der Waals surface area contributed by atoms with Crippen molar-refractivity contribution in [3.63, 3.8) is 0 Å². The zero-order valence-electron chi connectivity index (χ0n) is 14.0. The van der Waals surface area contributed by atoms with Crippen molar-refractivity contribution in [2.45, 2.75) is 32.3 Å². The highest BCUT2D eigenvalue weighted by Gasteiger charge is 2.20. The molecular weight excluding hydrogens is 380 g/mol. The first-order valence-corrected chi connectivity index (χ1v) is 9.12. The first-order valence-electron chi connectivity index (χ1n) is 8.33. The molecule has 0 bridgehead atoms. The van der Waals surface area contributed by atoms with Gasteiger partial charge in [0.05, 0.1) is 0 Å². The van der Waals surface area contributed by atoms with E-state index in [4.69, 9.17) is 4.74 Å². The molecular formula is C21H19BrO3. The van der Waals surface area contributed by atoms with Crippen LogP contribution in [0.25, 0.3) is 6.08 Å². The number of carbonyl (C=O) groups is 2. The number of benzene rings is 2. The van der Waals surface area contributed by atoms with Crippen molar-refractivity contribution < 1.29 is 14.3 Å². The summed E-state index contributed by atoms with van der Waals surface area (Å²) < 4.78 is 6.22. The van der Waals surface area contributed by atoms with Crippen molar-refractivity contribution in [2.75, 3.05) is 0 Å². The molecule has 3 nitrogen and oxygen atoms in total. The first kappa shape index (κ1) is 17.6. The molecule has 0 saturated carbocycles. The van der Waals surface area contributed by atoms with Gasteiger partial charge in [-0.25, -0.2) is 4.79 Å². The van der Waals surface area contributed by atoms with Gasteiger partial charge in [0.25, 0.3) is 0 Å². The Balaban J connectivity index is 1.61. The van der Waals surface area contributed by atoms with Crippen LogP contribution in [0.1, 0.15) is 40.4 Å². The highest BCUT2D eigenvalue weighted by atomic mass is 79.9. The average Bonchev–Trinajstić information content (AvgIpc) is 3.08. The minimum absolute atomic E-state index is 0.167. The largest absolute Gasteiger partial charge is 0.451 e. The van der Waals surface area contributed by atoms with Gasteiger partial charge in [0.2, 0.25) is 5.78 Å². The Morgan fingerprint density at radius 2 is 1.80 bits per heavy atom. The molecule has 0 amide bonds. The second-order valence-corrected chi connectivity index (χ2v) is 7.08. The fraction of sp³-hybridized carbons (Fsp3) is 0.238. The van der Waals surface area contributed by atoms with Crippen LogP contribution in [0.3, 0.4) is 0 Å². The van der Waals surface area contributed by atoms with Gasteiger partial charge in [0.15, 0.2) is 6.10 Å². The fourth-order valence-corrected chi connectivity index (χ4v) is 3.23. The molecule has 25 heavy (non-hydrogen) atoms. The lowest BCUT2D eigenvalue weighted by Gasteiger charge is -2.12. The Morgan fingerprint density at radius 3 is 2.56 bits per heavy atom. The van der Waals surface area contributed by atoms with E-state index in [-0.39, 0.29) is 5.78 Å². The summed E-state index contributed by atoms with van der Waals surface area (Å²) >= 11 is 3.36. The van der Waals surface area contributed by atoms with Gasteiger partial charge in [-0.05, 0) is 67.2 Å². The number of rotatable bonds is 5. The topological polar surface area (TPSA) is 43.4 Å². The van der Waals surface area contributed by atoms with Gasteiger partial charge in [0, 0.05) is 16.1 Å². The number of halogens is 1. The van der Waals surface area contributed by atoms with Crippen LogP contribution >= 0.6 is 15.9 Å². The average molecular weight is 399 g/mol. The van der Waals surface area contributed by atoms with Crippen LogP contribution in [0.4, 0.5) is 0 Å². The lowest BCUT2D eigenvalue weighted by molar-refractivity contribution is -0.140. The Bertz CT molecular complexity index is 822. The summed E-state index contributed by atoms with van der Waals surface area (Å²) in [6, 6.07) is 13.3. The summed E-state index contributed by atoms with van der Waals surface area (Å²) in [7, 11) is 0. The summed E-state index contributed by atoms with van der Waals surface area (Å²) in [5.41, 5.74) is 4.05. The van der Waals surface area contributed by atoms with E-state index >= 15 is 0 Å². The molecule has 0 heterocycles. The second-order valence-electron chi connectivity index (χ2n) is 6.17. The van der Waals surface area contributed by atoms with Crippen molar-refractivity contribution in [3.05, 3.63) is 75.3 Å².